The molecule has 0 saturated carbocycles. The van der Waals surface area contributed by atoms with E-state index < -0.39 is 6.09 Å². The number of unbranched alkanes of at least 4 members (excludes halogenated alkanes) is 2. The average Bonchev–Trinajstić information content (AvgIpc) is 2.36. The zero-order chi connectivity index (χ0) is 14.9. The lowest BCUT2D eigenvalue weighted by Crippen LogP contribution is -2.35. The van der Waals surface area contributed by atoms with E-state index in [0.717, 1.165) is 19.3 Å². The van der Waals surface area contributed by atoms with E-state index in [-0.39, 0.29) is 12.7 Å². The van der Waals surface area contributed by atoms with Crippen molar-refractivity contribution in [2.45, 2.75) is 39.5 Å². The van der Waals surface area contributed by atoms with Crippen LogP contribution in [-0.2, 0) is 4.74 Å². The minimum Gasteiger partial charge on any atom is -0.530 e. The number of ether oxygens (including phenoxy) is 1. The molecule has 19 heavy (non-hydrogen) atoms. The maximum absolute atomic E-state index is 10.9. The number of rotatable bonds is 8. The van der Waals surface area contributed by atoms with Crippen molar-refractivity contribution in [2.24, 2.45) is 0 Å². The number of nitrogens with one attached hydrogen (secondary N) is 2. The summed E-state index contributed by atoms with van der Waals surface area (Å²) in [7, 11) is 0. The molecule has 0 atom stereocenters. The lowest BCUT2D eigenvalue weighted by atomic mass is 10.3. The van der Waals surface area contributed by atoms with Crippen molar-refractivity contribution in [1.29, 1.82) is 0 Å². The fraction of sp³-hybridized carbons (Fsp3) is 0.833. The molecule has 2 amide bonds. The molecule has 0 aromatic rings. The van der Waals surface area contributed by atoms with Crippen LogP contribution in [0, 0.1) is 0 Å². The zero-order valence-corrected chi connectivity index (χ0v) is 11.7. The summed E-state index contributed by atoms with van der Waals surface area (Å²) >= 11 is 0. The summed E-state index contributed by atoms with van der Waals surface area (Å²) in [6, 6.07) is 0. The number of carbonyl (C=O) groups is 2. The minimum atomic E-state index is -1.21. The summed E-state index contributed by atoms with van der Waals surface area (Å²) in [5.74, 6) is 0. The van der Waals surface area contributed by atoms with Gasteiger partial charge in [-0.15, -0.1) is 0 Å². The number of carboxylic acid groups (broad SMARTS) is 1. The van der Waals surface area contributed by atoms with Crippen molar-refractivity contribution in [3.05, 3.63) is 0 Å². The summed E-state index contributed by atoms with van der Waals surface area (Å²) in [6.07, 6.45) is 2.11. The number of aliphatic hydroxyl groups excluding tert-OH is 1. The Kier molecular flexibility index (Phi) is 17.2. The van der Waals surface area contributed by atoms with Gasteiger partial charge in [0.05, 0.1) is 6.61 Å². The van der Waals surface area contributed by atoms with Gasteiger partial charge in [-0.25, -0.2) is 4.79 Å². The lowest BCUT2D eigenvalue weighted by Gasteiger charge is -2.05. The van der Waals surface area contributed by atoms with Gasteiger partial charge >= 0.3 is 6.09 Å². The third kappa shape index (κ3) is 22.2. The zero-order valence-electron chi connectivity index (χ0n) is 11.7. The van der Waals surface area contributed by atoms with Gasteiger partial charge in [-0.1, -0.05) is 19.8 Å². The molecule has 7 heteroatoms. The van der Waals surface area contributed by atoms with Crippen molar-refractivity contribution in [1.82, 2.24) is 10.6 Å². The molecule has 114 valence electrons. The van der Waals surface area contributed by atoms with Gasteiger partial charge < -0.3 is 30.4 Å². The normalized spacial score (nSPS) is 9.00. The topological polar surface area (TPSA) is 111 Å². The minimum absolute atomic E-state index is 0.0934. The highest BCUT2D eigenvalue weighted by atomic mass is 16.5. The first-order valence-electron chi connectivity index (χ1n) is 6.54. The van der Waals surface area contributed by atoms with Crippen LogP contribution in [0.1, 0.15) is 39.5 Å². The van der Waals surface area contributed by atoms with Gasteiger partial charge in [0.2, 0.25) is 0 Å². The second-order valence-corrected chi connectivity index (χ2v) is 3.66. The Morgan fingerprint density at radius 2 is 1.84 bits per heavy atom. The van der Waals surface area contributed by atoms with E-state index in [9.17, 15) is 14.7 Å². The molecule has 3 N–H and O–H groups in total. The number of carbonyl (C=O) groups excluding carboxylic acids is 2. The molecule has 0 aliphatic carbocycles. The smallest absolute Gasteiger partial charge is 0.407 e. The Bertz CT molecular complexity index is 224. The molecule has 0 aliphatic heterocycles. The van der Waals surface area contributed by atoms with Crippen LogP contribution in [0.25, 0.3) is 0 Å². The monoisotopic (exact) mass is 277 g/mol. The fourth-order valence-electron chi connectivity index (χ4n) is 0.982. The van der Waals surface area contributed by atoms with Gasteiger partial charge in [-0.05, 0) is 19.8 Å². The molecule has 0 aliphatic rings. The summed E-state index contributed by atoms with van der Waals surface area (Å²) < 4.78 is 4.86. The maximum atomic E-state index is 10.9. The molecular formula is C12H25N2O5-. The van der Waals surface area contributed by atoms with Gasteiger partial charge in [-0.2, -0.15) is 0 Å². The average molecular weight is 277 g/mol. The van der Waals surface area contributed by atoms with E-state index >= 15 is 0 Å². The Balaban J connectivity index is 0. The van der Waals surface area contributed by atoms with E-state index in [2.05, 4.69) is 12.2 Å². The molecule has 0 aromatic carbocycles. The highest BCUT2D eigenvalue weighted by Crippen LogP contribution is 1.94. The van der Waals surface area contributed by atoms with Crippen LogP contribution in [0.4, 0.5) is 9.59 Å². The standard InChI is InChI=1S/C9H19NO3.C3H7NO2/c1-2-3-4-8-13-9(12)10-6-5-7-11;1-2-4-3(5)6/h11H,2-8H2,1H3,(H,10,12);4H,2H2,1H3,(H,5,6)/p-1. The highest BCUT2D eigenvalue weighted by Gasteiger charge is 1.98. The van der Waals surface area contributed by atoms with Crippen molar-refractivity contribution < 1.29 is 24.5 Å². The van der Waals surface area contributed by atoms with Crippen LogP contribution >= 0.6 is 0 Å². The van der Waals surface area contributed by atoms with Crippen LogP contribution in [0.15, 0.2) is 0 Å². The maximum Gasteiger partial charge on any atom is 0.407 e. The van der Waals surface area contributed by atoms with Crippen molar-refractivity contribution in [3.8, 4) is 0 Å². The lowest BCUT2D eigenvalue weighted by molar-refractivity contribution is -0.250. The molecule has 0 unspecified atom stereocenters. The Morgan fingerprint density at radius 3 is 2.26 bits per heavy atom. The number of hydrogen-bond acceptors (Lipinski definition) is 5. The first-order valence-corrected chi connectivity index (χ1v) is 6.54. The highest BCUT2D eigenvalue weighted by molar-refractivity contribution is 5.66. The van der Waals surface area contributed by atoms with E-state index in [1.54, 1.807) is 6.92 Å². The summed E-state index contributed by atoms with van der Waals surface area (Å²) in [5, 5.41) is 22.4. The van der Waals surface area contributed by atoms with Crippen molar-refractivity contribution >= 4 is 12.2 Å². The van der Waals surface area contributed by atoms with Crippen LogP contribution in [-0.4, -0.2) is 43.6 Å². The molecule has 0 saturated heterocycles. The molecule has 0 aromatic heterocycles. The fourth-order valence-corrected chi connectivity index (χ4v) is 0.982. The second-order valence-electron chi connectivity index (χ2n) is 3.66. The molecule has 0 rings (SSSR count). The Hall–Kier alpha value is -1.50. The number of alkyl carbamates (subject to hydrolysis) is 1. The number of aliphatic hydroxyl groups is 1. The molecular weight excluding hydrogens is 252 g/mol. The largest absolute Gasteiger partial charge is 0.530 e. The van der Waals surface area contributed by atoms with Crippen LogP contribution < -0.4 is 15.7 Å². The summed E-state index contributed by atoms with van der Waals surface area (Å²) in [6.45, 7) is 5.26. The quantitative estimate of drug-likeness (QED) is 0.550. The van der Waals surface area contributed by atoms with Crippen molar-refractivity contribution in [3.63, 3.8) is 0 Å². The first-order chi connectivity index (χ1) is 9.08. The third-order valence-corrected chi connectivity index (χ3v) is 1.91. The SMILES string of the molecule is CCCCCOC(=O)NCCCO.CCNC(=O)[O-]. The van der Waals surface area contributed by atoms with Gasteiger partial charge in [0.15, 0.2) is 0 Å². The molecule has 0 radical (unpaired) electrons. The molecule has 7 nitrogen and oxygen atoms in total. The first kappa shape index (κ1) is 19.8. The Labute approximate surface area is 114 Å². The van der Waals surface area contributed by atoms with Crippen molar-refractivity contribution in [2.75, 3.05) is 26.3 Å². The molecule has 0 bridgehead atoms. The van der Waals surface area contributed by atoms with E-state index in [1.165, 1.54) is 0 Å². The second kappa shape index (κ2) is 16.5. The number of amides is 2. The van der Waals surface area contributed by atoms with Crippen LogP contribution in [0.2, 0.25) is 0 Å². The Morgan fingerprint density at radius 1 is 1.16 bits per heavy atom. The van der Waals surface area contributed by atoms with Crippen LogP contribution in [0.5, 0.6) is 0 Å². The summed E-state index contributed by atoms with van der Waals surface area (Å²) in [5.41, 5.74) is 0. The van der Waals surface area contributed by atoms with Crippen LogP contribution in [0.3, 0.4) is 0 Å². The third-order valence-electron chi connectivity index (χ3n) is 1.91. The number of hydrogen-bond donors (Lipinski definition) is 3. The predicted molar refractivity (Wildman–Crippen MR) is 69.7 cm³/mol. The van der Waals surface area contributed by atoms with Gasteiger partial charge in [0.1, 0.15) is 6.09 Å². The van der Waals surface area contributed by atoms with E-state index in [0.29, 0.717) is 26.1 Å². The van der Waals surface area contributed by atoms with Gasteiger partial charge in [0.25, 0.3) is 0 Å². The van der Waals surface area contributed by atoms with E-state index in [1.807, 2.05) is 5.32 Å². The molecule has 0 spiro atoms. The molecule has 0 fully saturated rings. The van der Waals surface area contributed by atoms with Gasteiger partial charge in [-0.3, -0.25) is 0 Å². The summed E-state index contributed by atoms with van der Waals surface area (Å²) in [4.78, 5) is 20.2. The van der Waals surface area contributed by atoms with E-state index in [4.69, 9.17) is 9.84 Å². The molecule has 0 heterocycles. The predicted octanol–water partition coefficient (Wildman–Crippen LogP) is 0.224. The van der Waals surface area contributed by atoms with Gasteiger partial charge in [0, 0.05) is 19.7 Å².